The van der Waals surface area contributed by atoms with Crippen molar-refractivity contribution in [3.8, 4) is 0 Å². The maximum Gasteiger partial charge on any atom is 0.269 e. The molecule has 6 heteroatoms. The predicted octanol–water partition coefficient (Wildman–Crippen LogP) is 1.50. The molecular weight excluding hydrogens is 207 g/mol. The third-order valence-corrected chi connectivity index (χ3v) is 1.54. The number of halogens is 1. The van der Waals surface area contributed by atoms with Crippen LogP contribution in [0.3, 0.4) is 0 Å². The van der Waals surface area contributed by atoms with Crippen LogP contribution in [0, 0.1) is 15.5 Å². The van der Waals surface area contributed by atoms with Crippen molar-refractivity contribution < 1.29 is 4.92 Å². The first-order chi connectivity index (χ1) is 6.09. The van der Waals surface area contributed by atoms with E-state index in [-0.39, 0.29) is 23.9 Å². The van der Waals surface area contributed by atoms with Crippen molar-refractivity contribution in [1.29, 1.82) is 5.41 Å². The highest BCUT2D eigenvalue weighted by atomic mass is 35.5. The minimum absolute atomic E-state index is 0. The van der Waals surface area contributed by atoms with Crippen molar-refractivity contribution in [1.82, 2.24) is 0 Å². The summed E-state index contributed by atoms with van der Waals surface area (Å²) < 4.78 is 0. The Morgan fingerprint density at radius 1 is 1.43 bits per heavy atom. The Morgan fingerprint density at radius 2 is 1.93 bits per heavy atom. The van der Waals surface area contributed by atoms with Crippen LogP contribution in [-0.4, -0.2) is 10.8 Å². The second-order valence-corrected chi connectivity index (χ2v) is 2.63. The summed E-state index contributed by atoms with van der Waals surface area (Å²) in [5, 5.41) is 17.3. The number of benzene rings is 1. The van der Waals surface area contributed by atoms with E-state index < -0.39 is 4.92 Å². The van der Waals surface area contributed by atoms with Crippen LogP contribution in [0.1, 0.15) is 5.56 Å². The van der Waals surface area contributed by atoms with E-state index in [1.54, 1.807) is 12.1 Å². The summed E-state index contributed by atoms with van der Waals surface area (Å²) in [5.41, 5.74) is 6.02. The molecule has 0 saturated heterocycles. The van der Waals surface area contributed by atoms with Crippen LogP contribution in [0.2, 0.25) is 0 Å². The molecule has 14 heavy (non-hydrogen) atoms. The average molecular weight is 217 g/mol. The second-order valence-electron chi connectivity index (χ2n) is 2.63. The lowest BCUT2D eigenvalue weighted by Gasteiger charge is -1.97. The molecule has 0 heterocycles. The Hall–Kier alpha value is -1.62. The monoisotopic (exact) mass is 216 g/mol. The Kier molecular flexibility index (Phi) is 4.58. The van der Waals surface area contributed by atoms with Crippen LogP contribution < -0.4 is 5.73 Å². The van der Waals surface area contributed by atoms with Gasteiger partial charge in [0.1, 0.15) is 0 Å². The molecule has 0 aliphatic carbocycles. The third kappa shape index (κ3) is 3.40. The van der Waals surface area contributed by atoms with Gasteiger partial charge in [-0.05, 0) is 5.56 Å². The fourth-order valence-corrected chi connectivity index (χ4v) is 0.955. The molecule has 0 amide bonds. The van der Waals surface area contributed by atoms with Gasteiger partial charge < -0.3 is 5.73 Å². The Bertz CT molecular complexity index is 337. The van der Waals surface area contributed by atoms with Crippen LogP contribution in [0.15, 0.2) is 24.3 Å². The van der Waals surface area contributed by atoms with E-state index >= 15 is 0 Å². The van der Waals surface area contributed by atoms with Gasteiger partial charge in [-0.15, -0.1) is 12.4 Å². The lowest BCUT2D eigenvalue weighted by Crippen LogP contribution is -2.12. The maximum atomic E-state index is 10.3. The number of nitrogens with one attached hydrogen (secondary N) is 1. The summed E-state index contributed by atoms with van der Waals surface area (Å²) >= 11 is 0. The van der Waals surface area contributed by atoms with Gasteiger partial charge in [-0.1, -0.05) is 12.1 Å². The molecule has 0 bridgehead atoms. The fraction of sp³-hybridized carbons (Fsp3) is 0.125. The van der Waals surface area contributed by atoms with Gasteiger partial charge in [-0.25, -0.2) is 0 Å². The summed E-state index contributed by atoms with van der Waals surface area (Å²) in [6.07, 6.45) is 0.331. The smallest absolute Gasteiger partial charge is 0.269 e. The van der Waals surface area contributed by atoms with Crippen LogP contribution >= 0.6 is 12.4 Å². The van der Waals surface area contributed by atoms with Gasteiger partial charge in [-0.2, -0.15) is 0 Å². The first-order valence-electron chi connectivity index (χ1n) is 3.66. The van der Waals surface area contributed by atoms with E-state index in [0.29, 0.717) is 6.42 Å². The molecule has 0 spiro atoms. The molecule has 0 aliphatic heterocycles. The molecule has 0 aliphatic rings. The topological polar surface area (TPSA) is 93.0 Å². The maximum absolute atomic E-state index is 10.3. The number of rotatable bonds is 3. The number of hydrogen-bond acceptors (Lipinski definition) is 3. The zero-order chi connectivity index (χ0) is 9.84. The zero-order valence-electron chi connectivity index (χ0n) is 7.27. The number of nitrogens with zero attached hydrogens (tertiary/aromatic N) is 1. The minimum atomic E-state index is -0.461. The van der Waals surface area contributed by atoms with Crippen LogP contribution in [0.25, 0.3) is 0 Å². The Labute approximate surface area is 87.0 Å². The highest BCUT2D eigenvalue weighted by Gasteiger charge is 2.03. The lowest BCUT2D eigenvalue weighted by molar-refractivity contribution is -0.384. The average Bonchev–Trinajstić information content (AvgIpc) is 2.04. The molecule has 1 rings (SSSR count). The van der Waals surface area contributed by atoms with Crippen molar-refractivity contribution in [3.05, 3.63) is 39.9 Å². The number of amidine groups is 1. The number of hydrogen-bond donors (Lipinski definition) is 2. The summed E-state index contributed by atoms with van der Waals surface area (Å²) in [6.45, 7) is 0. The number of nitro groups is 1. The number of nitrogens with two attached hydrogens (primary N) is 1. The van der Waals surface area contributed by atoms with E-state index in [1.165, 1.54) is 12.1 Å². The molecular formula is C8H10ClN3O2. The summed E-state index contributed by atoms with van der Waals surface area (Å²) in [5.74, 6) is 0.0499. The minimum Gasteiger partial charge on any atom is -0.387 e. The Morgan fingerprint density at radius 3 is 2.29 bits per heavy atom. The molecule has 76 valence electrons. The zero-order valence-corrected chi connectivity index (χ0v) is 8.08. The normalized spacial score (nSPS) is 8.86. The molecule has 0 aromatic heterocycles. The van der Waals surface area contributed by atoms with Gasteiger partial charge in [-0.3, -0.25) is 15.5 Å². The third-order valence-electron chi connectivity index (χ3n) is 1.54. The van der Waals surface area contributed by atoms with E-state index in [9.17, 15) is 10.1 Å². The molecule has 0 fully saturated rings. The molecule has 0 atom stereocenters. The molecule has 1 aromatic rings. The number of non-ortho nitro benzene ring substituents is 1. The lowest BCUT2D eigenvalue weighted by atomic mass is 10.2. The summed E-state index contributed by atoms with van der Waals surface area (Å²) in [7, 11) is 0. The first kappa shape index (κ1) is 12.4. The van der Waals surface area contributed by atoms with Gasteiger partial charge in [0, 0.05) is 18.6 Å². The van der Waals surface area contributed by atoms with Crippen molar-refractivity contribution in [2.75, 3.05) is 0 Å². The second kappa shape index (κ2) is 5.18. The van der Waals surface area contributed by atoms with Crippen LogP contribution in [0.4, 0.5) is 5.69 Å². The van der Waals surface area contributed by atoms with Gasteiger partial charge in [0.05, 0.1) is 10.8 Å². The van der Waals surface area contributed by atoms with E-state index in [2.05, 4.69) is 0 Å². The number of nitro benzene ring substituents is 1. The van der Waals surface area contributed by atoms with E-state index in [4.69, 9.17) is 11.1 Å². The SMILES string of the molecule is Cl.N=[13C](N)Cc1ccc([N+](=O)[O-])cc1. The van der Waals surface area contributed by atoms with Crippen molar-refractivity contribution >= 4 is 23.9 Å². The summed E-state index contributed by atoms with van der Waals surface area (Å²) in [6, 6.07) is 6.00. The fourth-order valence-electron chi connectivity index (χ4n) is 0.955. The molecule has 0 unspecified atom stereocenters. The Balaban J connectivity index is 0.00000169. The van der Waals surface area contributed by atoms with Crippen LogP contribution in [-0.2, 0) is 6.42 Å². The molecule has 5 nitrogen and oxygen atoms in total. The van der Waals surface area contributed by atoms with Crippen molar-refractivity contribution in [2.24, 2.45) is 5.73 Å². The largest absolute Gasteiger partial charge is 0.387 e. The molecule has 1 aromatic carbocycles. The van der Waals surface area contributed by atoms with Crippen molar-refractivity contribution in [3.63, 3.8) is 0 Å². The van der Waals surface area contributed by atoms with Crippen molar-refractivity contribution in [2.45, 2.75) is 6.42 Å². The first-order valence-corrected chi connectivity index (χ1v) is 3.66. The standard InChI is InChI=1S/C8H9N3O2.ClH/c9-8(10)5-6-1-3-7(4-2-6)11(12)13;/h1-4H,5H2,(H3,9,10);1H/i8+1;. The molecule has 3 N–H and O–H groups in total. The van der Waals surface area contributed by atoms with Gasteiger partial charge in [0.25, 0.3) is 5.69 Å². The molecule has 0 saturated carbocycles. The van der Waals surface area contributed by atoms with Gasteiger partial charge in [0.15, 0.2) is 0 Å². The quantitative estimate of drug-likeness (QED) is 0.264. The highest BCUT2D eigenvalue weighted by molar-refractivity contribution is 5.85. The summed E-state index contributed by atoms with van der Waals surface area (Å²) in [4.78, 5) is 9.81. The van der Waals surface area contributed by atoms with E-state index in [1.807, 2.05) is 0 Å². The predicted molar refractivity (Wildman–Crippen MR) is 56.0 cm³/mol. The van der Waals surface area contributed by atoms with E-state index in [0.717, 1.165) is 5.56 Å². The molecule has 0 radical (unpaired) electrons. The van der Waals surface area contributed by atoms with Gasteiger partial charge >= 0.3 is 0 Å². The van der Waals surface area contributed by atoms with Gasteiger partial charge in [0.2, 0.25) is 0 Å². The highest BCUT2D eigenvalue weighted by Crippen LogP contribution is 2.11. The van der Waals surface area contributed by atoms with Crippen LogP contribution in [0.5, 0.6) is 0 Å².